The Balaban J connectivity index is 2.51. The fourth-order valence-electron chi connectivity index (χ4n) is 0.941. The van der Waals surface area contributed by atoms with E-state index in [-0.39, 0.29) is 0 Å². The Bertz CT molecular complexity index is 287. The first-order chi connectivity index (χ1) is 5.83. The minimum absolute atomic E-state index is 0.821. The standard InChI is InChI=1S/C11H13N/c1-3-8-12-9-11-6-4-10(2)5-7-11/h4-7,12H,9H2,1-2H3. The number of aryl methyl sites for hydroxylation is 1. The molecule has 0 aliphatic heterocycles. The van der Waals surface area contributed by atoms with Crippen LogP contribution in [0.25, 0.3) is 0 Å². The molecule has 0 saturated heterocycles. The topological polar surface area (TPSA) is 12.0 Å². The van der Waals surface area contributed by atoms with E-state index in [0.717, 1.165) is 6.54 Å². The quantitative estimate of drug-likeness (QED) is 0.514. The van der Waals surface area contributed by atoms with Crippen LogP contribution >= 0.6 is 0 Å². The summed E-state index contributed by atoms with van der Waals surface area (Å²) in [7, 11) is 0. The van der Waals surface area contributed by atoms with E-state index in [1.807, 2.05) is 6.92 Å². The second-order valence-electron chi connectivity index (χ2n) is 2.71. The fraction of sp³-hybridized carbons (Fsp3) is 0.273. The van der Waals surface area contributed by atoms with Crippen molar-refractivity contribution in [3.8, 4) is 12.0 Å². The van der Waals surface area contributed by atoms with Crippen molar-refractivity contribution in [1.29, 1.82) is 0 Å². The number of hydrogen-bond acceptors (Lipinski definition) is 1. The van der Waals surface area contributed by atoms with Gasteiger partial charge in [-0.2, -0.15) is 0 Å². The summed E-state index contributed by atoms with van der Waals surface area (Å²) in [6, 6.07) is 11.2. The van der Waals surface area contributed by atoms with Crippen LogP contribution in [0.4, 0.5) is 0 Å². The molecule has 0 aliphatic carbocycles. The van der Waals surface area contributed by atoms with Crippen LogP contribution in [0, 0.1) is 18.9 Å². The Labute approximate surface area is 73.8 Å². The van der Waals surface area contributed by atoms with Crippen molar-refractivity contribution in [1.82, 2.24) is 5.32 Å². The summed E-state index contributed by atoms with van der Waals surface area (Å²) >= 11 is 0. The van der Waals surface area contributed by atoms with Crippen molar-refractivity contribution in [3.05, 3.63) is 35.4 Å². The smallest absolute Gasteiger partial charge is 0.0480 e. The van der Waals surface area contributed by atoms with Gasteiger partial charge in [-0.3, -0.25) is 0 Å². The average Bonchev–Trinajstić information content (AvgIpc) is 2.09. The summed E-state index contributed by atoms with van der Waals surface area (Å²) in [6.45, 7) is 4.73. The molecule has 0 heterocycles. The molecule has 1 aromatic rings. The van der Waals surface area contributed by atoms with Gasteiger partial charge >= 0.3 is 0 Å². The number of rotatable bonds is 2. The van der Waals surface area contributed by atoms with Crippen molar-refractivity contribution >= 4 is 0 Å². The van der Waals surface area contributed by atoms with E-state index in [2.05, 4.69) is 48.5 Å². The van der Waals surface area contributed by atoms with Crippen LogP contribution in [-0.4, -0.2) is 0 Å². The molecule has 0 saturated carbocycles. The summed E-state index contributed by atoms with van der Waals surface area (Å²) in [5.41, 5.74) is 2.56. The van der Waals surface area contributed by atoms with E-state index in [0.29, 0.717) is 0 Å². The molecule has 0 bridgehead atoms. The van der Waals surface area contributed by atoms with E-state index in [1.165, 1.54) is 11.1 Å². The van der Waals surface area contributed by atoms with E-state index in [9.17, 15) is 0 Å². The molecule has 12 heavy (non-hydrogen) atoms. The summed E-state index contributed by atoms with van der Waals surface area (Å²) in [6.07, 6.45) is 0. The number of nitrogens with one attached hydrogen (secondary N) is 1. The van der Waals surface area contributed by atoms with Crippen molar-refractivity contribution < 1.29 is 0 Å². The molecule has 0 amide bonds. The van der Waals surface area contributed by atoms with Gasteiger partial charge in [0.25, 0.3) is 0 Å². The lowest BCUT2D eigenvalue weighted by atomic mass is 10.1. The second-order valence-corrected chi connectivity index (χ2v) is 2.71. The fourth-order valence-corrected chi connectivity index (χ4v) is 0.941. The first-order valence-corrected chi connectivity index (χ1v) is 4.03. The van der Waals surface area contributed by atoms with Crippen LogP contribution in [0.15, 0.2) is 24.3 Å². The zero-order valence-corrected chi connectivity index (χ0v) is 7.52. The van der Waals surface area contributed by atoms with E-state index < -0.39 is 0 Å². The van der Waals surface area contributed by atoms with E-state index in [4.69, 9.17) is 0 Å². The molecule has 0 fully saturated rings. The summed E-state index contributed by atoms with van der Waals surface area (Å²) in [5.74, 6) is 2.79. The predicted molar refractivity (Wildman–Crippen MR) is 51.5 cm³/mol. The normalized spacial score (nSPS) is 8.50. The molecule has 1 heteroatoms. The molecule has 1 N–H and O–H groups in total. The number of benzene rings is 1. The molecular formula is C11H13N. The third-order valence-corrected chi connectivity index (χ3v) is 1.63. The van der Waals surface area contributed by atoms with Crippen LogP contribution in [0.3, 0.4) is 0 Å². The highest BCUT2D eigenvalue weighted by Crippen LogP contribution is 2.01. The zero-order chi connectivity index (χ0) is 8.81. The molecule has 62 valence electrons. The van der Waals surface area contributed by atoms with Gasteiger partial charge in [0.2, 0.25) is 0 Å². The lowest BCUT2D eigenvalue weighted by Gasteiger charge is -1.99. The molecule has 0 radical (unpaired) electrons. The Morgan fingerprint density at radius 3 is 2.50 bits per heavy atom. The highest BCUT2D eigenvalue weighted by molar-refractivity contribution is 5.21. The van der Waals surface area contributed by atoms with Gasteiger partial charge < -0.3 is 5.32 Å². The molecular weight excluding hydrogens is 146 g/mol. The van der Waals surface area contributed by atoms with Crippen molar-refractivity contribution in [2.45, 2.75) is 20.4 Å². The minimum atomic E-state index is 0.821. The minimum Gasteiger partial charge on any atom is -0.341 e. The van der Waals surface area contributed by atoms with Crippen LogP contribution < -0.4 is 5.32 Å². The lowest BCUT2D eigenvalue weighted by Crippen LogP contribution is -2.04. The van der Waals surface area contributed by atoms with E-state index in [1.54, 1.807) is 0 Å². The molecule has 0 unspecified atom stereocenters. The Hall–Kier alpha value is -1.42. The lowest BCUT2D eigenvalue weighted by molar-refractivity contribution is 0.899. The van der Waals surface area contributed by atoms with Gasteiger partial charge in [0.15, 0.2) is 0 Å². The van der Waals surface area contributed by atoms with Gasteiger partial charge in [-0.1, -0.05) is 35.7 Å². The van der Waals surface area contributed by atoms with Crippen LogP contribution in [-0.2, 0) is 6.54 Å². The van der Waals surface area contributed by atoms with Gasteiger partial charge in [0.1, 0.15) is 0 Å². The van der Waals surface area contributed by atoms with Gasteiger partial charge in [-0.05, 0) is 19.4 Å². The molecule has 1 aromatic carbocycles. The molecule has 0 aromatic heterocycles. The average molecular weight is 159 g/mol. The highest BCUT2D eigenvalue weighted by Gasteiger charge is 1.88. The monoisotopic (exact) mass is 159 g/mol. The first kappa shape index (κ1) is 8.67. The Kier molecular flexibility index (Phi) is 3.22. The zero-order valence-electron chi connectivity index (χ0n) is 7.52. The third-order valence-electron chi connectivity index (χ3n) is 1.63. The highest BCUT2D eigenvalue weighted by atomic mass is 14.8. The third kappa shape index (κ3) is 2.67. The largest absolute Gasteiger partial charge is 0.341 e. The maximum atomic E-state index is 3.01. The van der Waals surface area contributed by atoms with Gasteiger partial charge in [0, 0.05) is 12.6 Å². The summed E-state index contributed by atoms with van der Waals surface area (Å²) < 4.78 is 0. The summed E-state index contributed by atoms with van der Waals surface area (Å²) in [5, 5.41) is 3.01. The Morgan fingerprint density at radius 1 is 1.25 bits per heavy atom. The van der Waals surface area contributed by atoms with Crippen LogP contribution in [0.1, 0.15) is 18.1 Å². The predicted octanol–water partition coefficient (Wildman–Crippen LogP) is 2.07. The van der Waals surface area contributed by atoms with Crippen LogP contribution in [0.2, 0.25) is 0 Å². The second kappa shape index (κ2) is 4.46. The maximum absolute atomic E-state index is 3.01. The van der Waals surface area contributed by atoms with Gasteiger partial charge in [0.05, 0.1) is 0 Å². The SMILES string of the molecule is CC#CNCc1ccc(C)cc1. The number of hydrogen-bond donors (Lipinski definition) is 1. The van der Waals surface area contributed by atoms with Crippen molar-refractivity contribution in [3.63, 3.8) is 0 Å². The first-order valence-electron chi connectivity index (χ1n) is 4.03. The van der Waals surface area contributed by atoms with Gasteiger partial charge in [-0.15, -0.1) is 0 Å². The molecule has 0 spiro atoms. The molecule has 1 rings (SSSR count). The van der Waals surface area contributed by atoms with E-state index >= 15 is 0 Å². The Morgan fingerprint density at radius 2 is 1.92 bits per heavy atom. The molecule has 0 atom stereocenters. The van der Waals surface area contributed by atoms with Crippen molar-refractivity contribution in [2.75, 3.05) is 0 Å². The maximum Gasteiger partial charge on any atom is 0.0480 e. The van der Waals surface area contributed by atoms with Gasteiger partial charge in [-0.25, -0.2) is 0 Å². The van der Waals surface area contributed by atoms with Crippen LogP contribution in [0.5, 0.6) is 0 Å². The molecule has 1 nitrogen and oxygen atoms in total. The van der Waals surface area contributed by atoms with Crippen molar-refractivity contribution in [2.24, 2.45) is 0 Å². The summed E-state index contributed by atoms with van der Waals surface area (Å²) in [4.78, 5) is 0. The molecule has 0 aliphatic rings.